The summed E-state index contributed by atoms with van der Waals surface area (Å²) < 4.78 is 27.1. The van der Waals surface area contributed by atoms with Gasteiger partial charge in [-0.25, -0.2) is 0 Å². The lowest BCUT2D eigenvalue weighted by atomic mass is 9.86. The van der Waals surface area contributed by atoms with E-state index in [0.29, 0.717) is 25.7 Å². The van der Waals surface area contributed by atoms with E-state index in [1.165, 1.54) is 22.3 Å². The van der Waals surface area contributed by atoms with E-state index in [1.807, 2.05) is 26.8 Å². The second kappa shape index (κ2) is 25.0. The van der Waals surface area contributed by atoms with E-state index in [2.05, 4.69) is 140 Å². The number of allylic oxidation sites excluding steroid dienone is 1. The molecule has 2 aliphatic carbocycles. The number of aliphatic hydroxyl groups excluding tert-OH is 1. The van der Waals surface area contributed by atoms with Crippen molar-refractivity contribution in [3.8, 4) is 35.2 Å². The zero-order valence-electron chi connectivity index (χ0n) is 47.0. The van der Waals surface area contributed by atoms with Crippen LogP contribution in [0.1, 0.15) is 169 Å². The summed E-state index contributed by atoms with van der Waals surface area (Å²) in [5.74, 6) is 15.0. The first-order valence-corrected chi connectivity index (χ1v) is 32.8. The standard InChI is InChI=1S/C31H46O4Si.C31H44O4Si/c2*1-9-10-13-21(2)26(33)19-18-24-27(35-36(7,8)31(4,5)6)20-28-29(24)25-17-12-16-23(30(25)34-28)15-11-14-22(3)32/h12,16-19,21,24,26-29,33H,11,13-15,20H2,1-8H3;12,16-19,21,24,27-29H,11,13-15,20H2,1-8H3/b2*19-18+/t21-,24-,26+,27?,28-,29-;21-,24-,27?,28-,29-/m00/s1. The maximum Gasteiger partial charge on any atom is 0.192 e. The van der Waals surface area contributed by atoms with Gasteiger partial charge in [0.1, 0.15) is 35.3 Å². The average molecular weight is 1020 g/mol. The lowest BCUT2D eigenvalue weighted by molar-refractivity contribution is -0.118. The number of para-hydroxylation sites is 2. The first kappa shape index (κ1) is 58.8. The first-order valence-electron chi connectivity index (χ1n) is 27.0. The van der Waals surface area contributed by atoms with Crippen LogP contribution < -0.4 is 9.47 Å². The molecule has 2 heterocycles. The third kappa shape index (κ3) is 14.6. The fraction of sp³-hybridized carbons (Fsp3) is 0.629. The summed E-state index contributed by atoms with van der Waals surface area (Å²) >= 11 is 0. The predicted octanol–water partition coefficient (Wildman–Crippen LogP) is 13.8. The Morgan fingerprint density at radius 2 is 1.14 bits per heavy atom. The van der Waals surface area contributed by atoms with Gasteiger partial charge in [-0.3, -0.25) is 4.79 Å². The van der Waals surface area contributed by atoms with Crippen LogP contribution >= 0.6 is 0 Å². The van der Waals surface area contributed by atoms with Gasteiger partial charge in [0.2, 0.25) is 0 Å². The van der Waals surface area contributed by atoms with Gasteiger partial charge >= 0.3 is 0 Å². The number of rotatable bonds is 20. The van der Waals surface area contributed by atoms with E-state index in [9.17, 15) is 19.5 Å². The van der Waals surface area contributed by atoms with Crippen molar-refractivity contribution < 1.29 is 37.8 Å². The van der Waals surface area contributed by atoms with Gasteiger partial charge < -0.3 is 33.0 Å². The van der Waals surface area contributed by atoms with Gasteiger partial charge in [-0.05, 0) is 113 Å². The number of aryl methyl sites for hydroxylation is 2. The quantitative estimate of drug-likeness (QED) is 0.0605. The summed E-state index contributed by atoms with van der Waals surface area (Å²) in [5, 5.41) is 11.1. The summed E-state index contributed by atoms with van der Waals surface area (Å²) in [6.45, 7) is 33.7. The summed E-state index contributed by atoms with van der Waals surface area (Å²) in [7, 11) is -4.00. The van der Waals surface area contributed by atoms with Crippen LogP contribution in [0.3, 0.4) is 0 Å². The second-order valence-electron chi connectivity index (χ2n) is 24.4. The van der Waals surface area contributed by atoms with Crippen LogP contribution in [0.25, 0.3) is 0 Å². The minimum Gasteiger partial charge on any atom is -0.489 e. The molecule has 0 bridgehead atoms. The molecule has 0 saturated heterocycles. The molecule has 72 heavy (non-hydrogen) atoms. The molecule has 2 saturated carbocycles. The smallest absolute Gasteiger partial charge is 0.192 e. The number of carbonyl (C=O) groups is 3. The average Bonchev–Trinajstić information content (AvgIpc) is 4.03. The van der Waals surface area contributed by atoms with Crippen molar-refractivity contribution in [1.82, 2.24) is 0 Å². The van der Waals surface area contributed by atoms with Crippen molar-refractivity contribution in [3.05, 3.63) is 83.0 Å². The summed E-state index contributed by atoms with van der Waals surface area (Å²) in [6.07, 6.45) is 15.1. The van der Waals surface area contributed by atoms with Crippen molar-refractivity contribution in [2.24, 2.45) is 23.7 Å². The highest BCUT2D eigenvalue weighted by molar-refractivity contribution is 6.74. The predicted molar refractivity (Wildman–Crippen MR) is 299 cm³/mol. The maximum absolute atomic E-state index is 12.9. The number of carbonyl (C=O) groups excluding carboxylic acids is 3. The van der Waals surface area contributed by atoms with Gasteiger partial charge in [-0.15, -0.1) is 23.7 Å². The molecule has 0 radical (unpaired) electrons. The molecule has 0 amide bonds. The largest absolute Gasteiger partial charge is 0.489 e. The van der Waals surface area contributed by atoms with E-state index in [-0.39, 0.29) is 87.3 Å². The zero-order chi connectivity index (χ0) is 53.3. The highest BCUT2D eigenvalue weighted by Crippen LogP contribution is 2.56. The molecule has 394 valence electrons. The van der Waals surface area contributed by atoms with Gasteiger partial charge in [0.25, 0.3) is 0 Å². The lowest BCUT2D eigenvalue weighted by Gasteiger charge is -2.40. The molecular formula is C62H90O8Si2. The van der Waals surface area contributed by atoms with Crippen LogP contribution in [-0.4, -0.2) is 69.6 Å². The monoisotopic (exact) mass is 1020 g/mol. The number of aliphatic hydroxyl groups is 1. The molecule has 1 N–H and O–H groups in total. The van der Waals surface area contributed by atoms with Gasteiger partial charge in [0.15, 0.2) is 22.4 Å². The van der Waals surface area contributed by atoms with Crippen molar-refractivity contribution in [3.63, 3.8) is 0 Å². The molecule has 2 unspecified atom stereocenters. The number of hydrogen-bond donors (Lipinski definition) is 1. The van der Waals surface area contributed by atoms with Crippen LogP contribution in [0.5, 0.6) is 11.5 Å². The van der Waals surface area contributed by atoms with Crippen LogP contribution in [0, 0.1) is 47.4 Å². The molecule has 2 aromatic carbocycles. The summed E-state index contributed by atoms with van der Waals surface area (Å²) in [4.78, 5) is 35.8. The fourth-order valence-corrected chi connectivity index (χ4v) is 13.0. The van der Waals surface area contributed by atoms with Gasteiger partial charge in [-0.1, -0.05) is 110 Å². The number of Topliss-reactive ketones (excluding diaryl/α,β-unsaturated/α-hetero) is 2. The Bertz CT molecular complexity index is 2400. The third-order valence-corrected chi connectivity index (χ3v) is 25.7. The van der Waals surface area contributed by atoms with Gasteiger partial charge in [0, 0.05) is 79.2 Å². The number of ether oxygens (including phenoxy) is 2. The van der Waals surface area contributed by atoms with E-state index in [4.69, 9.17) is 18.3 Å². The Labute approximate surface area is 437 Å². The Hall–Kier alpha value is -4.04. The minimum atomic E-state index is -2.01. The second-order valence-corrected chi connectivity index (χ2v) is 33.9. The minimum absolute atomic E-state index is 0.0187. The number of ketones is 3. The molecule has 11 atom stereocenters. The van der Waals surface area contributed by atoms with Crippen LogP contribution in [0.15, 0.2) is 60.7 Å². The Kier molecular flexibility index (Phi) is 20.4. The molecule has 2 fully saturated rings. The van der Waals surface area contributed by atoms with E-state index in [1.54, 1.807) is 26.8 Å². The Morgan fingerprint density at radius 3 is 1.56 bits per heavy atom. The normalized spacial score (nSPS) is 24.5. The summed E-state index contributed by atoms with van der Waals surface area (Å²) in [5.41, 5.74) is 4.83. The Balaban J connectivity index is 0.000000267. The highest BCUT2D eigenvalue weighted by atomic mass is 28.4. The molecule has 0 spiro atoms. The third-order valence-electron chi connectivity index (χ3n) is 16.7. The molecule has 2 aliphatic heterocycles. The van der Waals surface area contributed by atoms with Crippen LogP contribution in [0.2, 0.25) is 36.3 Å². The van der Waals surface area contributed by atoms with E-state index in [0.717, 1.165) is 50.0 Å². The number of benzene rings is 2. The van der Waals surface area contributed by atoms with E-state index >= 15 is 0 Å². The number of hydrogen-bond acceptors (Lipinski definition) is 8. The van der Waals surface area contributed by atoms with Crippen molar-refractivity contribution in [2.75, 3.05) is 0 Å². The topological polar surface area (TPSA) is 108 Å². The number of fused-ring (bicyclic) bond motifs is 6. The lowest BCUT2D eigenvalue weighted by Crippen LogP contribution is -2.45. The van der Waals surface area contributed by atoms with Crippen LogP contribution in [-0.2, 0) is 36.1 Å². The molecule has 4 aliphatic rings. The highest BCUT2D eigenvalue weighted by Gasteiger charge is 2.54. The Morgan fingerprint density at radius 1 is 0.708 bits per heavy atom. The van der Waals surface area contributed by atoms with Gasteiger partial charge in [0.05, 0.1) is 18.3 Å². The van der Waals surface area contributed by atoms with Crippen molar-refractivity contribution >= 4 is 34.0 Å². The van der Waals surface area contributed by atoms with Crippen LogP contribution in [0.4, 0.5) is 0 Å². The molecule has 2 aromatic rings. The summed E-state index contributed by atoms with van der Waals surface area (Å²) in [6, 6.07) is 12.8. The van der Waals surface area contributed by atoms with Crippen molar-refractivity contribution in [1.29, 1.82) is 0 Å². The zero-order valence-corrected chi connectivity index (χ0v) is 49.0. The molecular weight excluding hydrogens is 929 g/mol. The molecule has 8 nitrogen and oxygen atoms in total. The molecule has 0 aromatic heterocycles. The van der Waals surface area contributed by atoms with E-state index < -0.39 is 22.7 Å². The van der Waals surface area contributed by atoms with Crippen molar-refractivity contribution in [2.45, 2.75) is 226 Å². The maximum atomic E-state index is 12.9. The SMILES string of the molecule is CC#CC[C@H](C)C(=O)/C=C/[C@H]1C(O[Si](C)(C)C(C)(C)C)C[C@@H]2Oc3c(CCCC(C)=O)cccc3[C@@H]21.CC#CC[C@H](C)[C@H](O)/C=C/[C@H]1C(O[Si](C)(C)C(C)(C)C)C[C@@H]2Oc3c(CCCC(C)=O)cccc3[C@@H]21. The molecule has 6 rings (SSSR count). The fourth-order valence-electron chi connectivity index (χ4n) is 10.2. The molecule has 10 heteroatoms. The van der Waals surface area contributed by atoms with Gasteiger partial charge in [-0.2, -0.15) is 0 Å². The first-order chi connectivity index (χ1) is 33.7.